The monoisotopic (exact) mass is 361 g/mol. The van der Waals surface area contributed by atoms with E-state index in [0.29, 0.717) is 11.1 Å². The van der Waals surface area contributed by atoms with Crippen LogP contribution in [0, 0.1) is 0 Å². The van der Waals surface area contributed by atoms with Crippen LogP contribution in [0.3, 0.4) is 0 Å². The summed E-state index contributed by atoms with van der Waals surface area (Å²) in [5, 5.41) is 2.93. The number of hydrogen-bond donors (Lipinski definition) is 1. The van der Waals surface area contributed by atoms with Crippen LogP contribution in [0.2, 0.25) is 0 Å². The standard InChI is InChI=1S/C17H16BrNO3/c1-11(14-5-3-4-6-15(14)18)19-16(20)12-7-9-13(10-8-12)17(21)22-2/h3-11H,1-2H3,(H,19,20). The van der Waals surface area contributed by atoms with Crippen LogP contribution in [0.4, 0.5) is 0 Å². The van der Waals surface area contributed by atoms with Gasteiger partial charge < -0.3 is 10.1 Å². The van der Waals surface area contributed by atoms with Gasteiger partial charge in [0.25, 0.3) is 5.91 Å². The zero-order chi connectivity index (χ0) is 16.1. The van der Waals surface area contributed by atoms with Gasteiger partial charge in [0.15, 0.2) is 0 Å². The fourth-order valence-corrected chi connectivity index (χ4v) is 2.69. The van der Waals surface area contributed by atoms with Crippen LogP contribution >= 0.6 is 15.9 Å². The van der Waals surface area contributed by atoms with E-state index in [4.69, 9.17) is 0 Å². The van der Waals surface area contributed by atoms with E-state index in [1.165, 1.54) is 7.11 Å². The van der Waals surface area contributed by atoms with Gasteiger partial charge in [0.2, 0.25) is 0 Å². The number of methoxy groups -OCH3 is 1. The fourth-order valence-electron chi connectivity index (χ4n) is 2.06. The Morgan fingerprint density at radius 1 is 1.05 bits per heavy atom. The molecule has 114 valence electrons. The molecule has 0 aliphatic carbocycles. The number of esters is 1. The molecule has 0 bridgehead atoms. The zero-order valence-corrected chi connectivity index (χ0v) is 13.9. The van der Waals surface area contributed by atoms with Gasteiger partial charge in [-0.15, -0.1) is 0 Å². The van der Waals surface area contributed by atoms with Crippen LogP contribution in [-0.2, 0) is 4.74 Å². The fraction of sp³-hybridized carbons (Fsp3) is 0.176. The van der Waals surface area contributed by atoms with Crippen LogP contribution in [0.5, 0.6) is 0 Å². The molecular formula is C17H16BrNO3. The molecule has 0 spiro atoms. The van der Waals surface area contributed by atoms with Gasteiger partial charge in [-0.25, -0.2) is 4.79 Å². The number of benzene rings is 2. The van der Waals surface area contributed by atoms with Crippen molar-refractivity contribution in [3.05, 3.63) is 69.7 Å². The quantitative estimate of drug-likeness (QED) is 0.844. The maximum atomic E-state index is 12.2. The first-order valence-electron chi connectivity index (χ1n) is 6.76. The van der Waals surface area contributed by atoms with E-state index >= 15 is 0 Å². The first-order chi connectivity index (χ1) is 10.5. The first-order valence-corrected chi connectivity index (χ1v) is 7.56. The lowest BCUT2D eigenvalue weighted by Gasteiger charge is -2.16. The summed E-state index contributed by atoms with van der Waals surface area (Å²) in [7, 11) is 1.32. The molecule has 0 aromatic heterocycles. The minimum atomic E-state index is -0.423. The van der Waals surface area contributed by atoms with Crippen LogP contribution in [0.15, 0.2) is 53.0 Å². The van der Waals surface area contributed by atoms with Crippen LogP contribution in [0.1, 0.15) is 39.2 Å². The summed E-state index contributed by atoms with van der Waals surface area (Å²) < 4.78 is 5.58. The molecule has 0 saturated heterocycles. The van der Waals surface area contributed by atoms with E-state index in [1.807, 2.05) is 31.2 Å². The number of nitrogens with one attached hydrogen (secondary N) is 1. The van der Waals surface area contributed by atoms with Gasteiger partial charge in [0.05, 0.1) is 18.7 Å². The first kappa shape index (κ1) is 16.2. The molecule has 2 aromatic carbocycles. The molecule has 2 rings (SSSR count). The lowest BCUT2D eigenvalue weighted by Crippen LogP contribution is -2.26. The van der Waals surface area contributed by atoms with Gasteiger partial charge in [-0.1, -0.05) is 34.1 Å². The summed E-state index contributed by atoms with van der Waals surface area (Å²) in [6.45, 7) is 1.92. The van der Waals surface area contributed by atoms with E-state index in [0.717, 1.165) is 10.0 Å². The second-order valence-electron chi connectivity index (χ2n) is 4.79. The third-order valence-electron chi connectivity index (χ3n) is 3.29. The molecule has 0 aliphatic rings. The van der Waals surface area contributed by atoms with Crippen molar-refractivity contribution in [3.8, 4) is 0 Å². The second kappa shape index (κ2) is 7.22. The largest absolute Gasteiger partial charge is 0.465 e. The molecule has 0 radical (unpaired) electrons. The smallest absolute Gasteiger partial charge is 0.337 e. The van der Waals surface area contributed by atoms with Crippen molar-refractivity contribution >= 4 is 27.8 Å². The second-order valence-corrected chi connectivity index (χ2v) is 5.64. The number of halogens is 1. The van der Waals surface area contributed by atoms with Crippen LogP contribution < -0.4 is 5.32 Å². The van der Waals surface area contributed by atoms with Crippen molar-refractivity contribution in [3.63, 3.8) is 0 Å². The molecule has 1 amide bonds. The predicted molar refractivity (Wildman–Crippen MR) is 87.8 cm³/mol. The molecule has 0 saturated carbocycles. The number of hydrogen-bond acceptors (Lipinski definition) is 3. The molecule has 22 heavy (non-hydrogen) atoms. The molecule has 0 heterocycles. The van der Waals surface area contributed by atoms with E-state index in [1.54, 1.807) is 24.3 Å². The van der Waals surface area contributed by atoms with E-state index in [9.17, 15) is 9.59 Å². The van der Waals surface area contributed by atoms with Crippen molar-refractivity contribution in [1.29, 1.82) is 0 Å². The van der Waals surface area contributed by atoms with Gasteiger partial charge in [-0.05, 0) is 42.8 Å². The zero-order valence-electron chi connectivity index (χ0n) is 12.3. The number of carbonyl (C=O) groups is 2. The Kier molecular flexibility index (Phi) is 5.33. The van der Waals surface area contributed by atoms with Crippen LogP contribution in [-0.4, -0.2) is 19.0 Å². The van der Waals surface area contributed by atoms with E-state index < -0.39 is 5.97 Å². The van der Waals surface area contributed by atoms with Gasteiger partial charge in [-0.2, -0.15) is 0 Å². The number of carbonyl (C=O) groups excluding carboxylic acids is 2. The van der Waals surface area contributed by atoms with Crippen molar-refractivity contribution in [2.75, 3.05) is 7.11 Å². The van der Waals surface area contributed by atoms with Gasteiger partial charge in [0, 0.05) is 10.0 Å². The predicted octanol–water partition coefficient (Wildman–Crippen LogP) is 3.73. The minimum Gasteiger partial charge on any atom is -0.465 e. The Balaban J connectivity index is 2.09. The summed E-state index contributed by atoms with van der Waals surface area (Å²) in [5.41, 5.74) is 1.91. The van der Waals surface area contributed by atoms with Gasteiger partial charge in [-0.3, -0.25) is 4.79 Å². The molecule has 0 fully saturated rings. The van der Waals surface area contributed by atoms with Crippen LogP contribution in [0.25, 0.3) is 0 Å². The minimum absolute atomic E-state index is 0.136. The van der Waals surface area contributed by atoms with Crippen molar-refractivity contribution in [2.24, 2.45) is 0 Å². The molecule has 4 nitrogen and oxygen atoms in total. The molecule has 5 heteroatoms. The Labute approximate surface area is 137 Å². The topological polar surface area (TPSA) is 55.4 Å². The summed E-state index contributed by atoms with van der Waals surface area (Å²) in [6.07, 6.45) is 0. The molecular weight excluding hydrogens is 346 g/mol. The molecule has 1 unspecified atom stereocenters. The summed E-state index contributed by atoms with van der Waals surface area (Å²) in [4.78, 5) is 23.6. The third kappa shape index (κ3) is 3.74. The Morgan fingerprint density at radius 2 is 1.64 bits per heavy atom. The highest BCUT2D eigenvalue weighted by atomic mass is 79.9. The average molecular weight is 362 g/mol. The van der Waals surface area contributed by atoms with Crippen molar-refractivity contribution < 1.29 is 14.3 Å². The Morgan fingerprint density at radius 3 is 2.23 bits per heavy atom. The highest BCUT2D eigenvalue weighted by molar-refractivity contribution is 9.10. The molecule has 0 aliphatic heterocycles. The Hall–Kier alpha value is -2.14. The lowest BCUT2D eigenvalue weighted by molar-refractivity contribution is 0.0600. The van der Waals surface area contributed by atoms with Gasteiger partial charge >= 0.3 is 5.97 Å². The van der Waals surface area contributed by atoms with E-state index in [2.05, 4.69) is 26.0 Å². The number of ether oxygens (including phenoxy) is 1. The molecule has 1 N–H and O–H groups in total. The van der Waals surface area contributed by atoms with Crippen molar-refractivity contribution in [2.45, 2.75) is 13.0 Å². The lowest BCUT2D eigenvalue weighted by atomic mass is 10.1. The summed E-state index contributed by atoms with van der Waals surface area (Å²) in [5.74, 6) is -0.617. The van der Waals surface area contributed by atoms with E-state index in [-0.39, 0.29) is 11.9 Å². The highest BCUT2D eigenvalue weighted by Crippen LogP contribution is 2.23. The maximum absolute atomic E-state index is 12.2. The summed E-state index contributed by atoms with van der Waals surface area (Å²) >= 11 is 3.47. The van der Waals surface area contributed by atoms with Crippen molar-refractivity contribution in [1.82, 2.24) is 5.32 Å². The molecule has 2 aromatic rings. The SMILES string of the molecule is COC(=O)c1ccc(C(=O)NC(C)c2ccccc2Br)cc1. The highest BCUT2D eigenvalue weighted by Gasteiger charge is 2.14. The average Bonchev–Trinajstić information content (AvgIpc) is 2.54. The number of rotatable bonds is 4. The van der Waals surface area contributed by atoms with Gasteiger partial charge in [0.1, 0.15) is 0 Å². The number of amides is 1. The Bertz CT molecular complexity index is 683. The summed E-state index contributed by atoms with van der Waals surface area (Å²) in [6, 6.07) is 14.0. The maximum Gasteiger partial charge on any atom is 0.337 e. The third-order valence-corrected chi connectivity index (χ3v) is 4.01. The molecule has 1 atom stereocenters. The normalized spacial score (nSPS) is 11.6.